The Labute approximate surface area is 106 Å². The number of carbonyl (C=O) groups is 1. The van der Waals surface area contributed by atoms with Crippen molar-refractivity contribution < 1.29 is 4.79 Å². The summed E-state index contributed by atoms with van der Waals surface area (Å²) in [6, 6.07) is 7.93. The molecular weight excluding hydrogens is 232 g/mol. The smallest absolute Gasteiger partial charge is 0.228 e. The molecule has 0 aromatic heterocycles. The lowest BCUT2D eigenvalue weighted by Crippen LogP contribution is -2.37. The highest BCUT2D eigenvalue weighted by atomic mass is 32.2. The lowest BCUT2D eigenvalue weighted by atomic mass is 9.99. The van der Waals surface area contributed by atoms with Gasteiger partial charge < -0.3 is 10.6 Å². The fourth-order valence-electron chi connectivity index (χ4n) is 2.06. The third-order valence-electron chi connectivity index (χ3n) is 3.03. The third kappa shape index (κ3) is 3.23. The van der Waals surface area contributed by atoms with Crippen LogP contribution in [0.3, 0.4) is 0 Å². The van der Waals surface area contributed by atoms with Gasteiger partial charge in [-0.2, -0.15) is 0 Å². The van der Waals surface area contributed by atoms with E-state index in [9.17, 15) is 4.79 Å². The Balaban J connectivity index is 2.01. The maximum Gasteiger partial charge on any atom is 0.228 e. The number of nitrogens with one attached hydrogen (secondary N) is 2. The van der Waals surface area contributed by atoms with E-state index in [1.807, 2.05) is 30.5 Å². The Morgan fingerprint density at radius 2 is 2.29 bits per heavy atom. The lowest BCUT2D eigenvalue weighted by Gasteiger charge is -2.22. The summed E-state index contributed by atoms with van der Waals surface area (Å²) < 4.78 is 0. The molecule has 4 heteroatoms. The largest absolute Gasteiger partial charge is 0.325 e. The molecule has 1 heterocycles. The number of thioether (sulfide) groups is 1. The maximum absolute atomic E-state index is 12.1. The van der Waals surface area contributed by atoms with E-state index in [4.69, 9.17) is 0 Å². The van der Waals surface area contributed by atoms with E-state index in [0.717, 1.165) is 36.5 Å². The summed E-state index contributed by atoms with van der Waals surface area (Å²) in [4.78, 5) is 13.2. The van der Waals surface area contributed by atoms with E-state index in [2.05, 4.69) is 10.6 Å². The number of para-hydroxylation sites is 1. The van der Waals surface area contributed by atoms with E-state index in [0.29, 0.717) is 0 Å². The monoisotopic (exact) mass is 250 g/mol. The number of hydrogen-bond donors (Lipinski definition) is 2. The molecule has 0 spiro atoms. The summed E-state index contributed by atoms with van der Waals surface area (Å²) in [5.41, 5.74) is 0.926. The predicted octanol–water partition coefficient (Wildman–Crippen LogP) is 2.35. The summed E-state index contributed by atoms with van der Waals surface area (Å²) in [6.07, 6.45) is 4.09. The molecule has 92 valence electrons. The van der Waals surface area contributed by atoms with Gasteiger partial charge in [-0.1, -0.05) is 12.1 Å². The standard InChI is InChI=1S/C13H18N2OS/c1-17-12-7-3-2-6-11(12)15-13(16)10-5-4-8-14-9-10/h2-3,6-7,10,14H,4-5,8-9H2,1H3,(H,15,16). The van der Waals surface area contributed by atoms with Gasteiger partial charge in [-0.15, -0.1) is 11.8 Å². The molecule has 1 amide bonds. The maximum atomic E-state index is 12.1. The second kappa shape index (κ2) is 6.07. The molecule has 1 atom stereocenters. The first-order valence-corrected chi connectivity index (χ1v) is 7.18. The fraction of sp³-hybridized carbons (Fsp3) is 0.462. The van der Waals surface area contributed by atoms with Crippen LogP contribution in [-0.4, -0.2) is 25.3 Å². The van der Waals surface area contributed by atoms with Crippen LogP contribution in [0.5, 0.6) is 0 Å². The Hall–Kier alpha value is -1.00. The van der Waals surface area contributed by atoms with Gasteiger partial charge >= 0.3 is 0 Å². The van der Waals surface area contributed by atoms with Crippen molar-refractivity contribution in [2.24, 2.45) is 5.92 Å². The SMILES string of the molecule is CSc1ccccc1NC(=O)C1CCCNC1. The summed E-state index contributed by atoms with van der Waals surface area (Å²) in [6.45, 7) is 1.83. The molecule has 2 N–H and O–H groups in total. The number of benzene rings is 1. The molecule has 1 fully saturated rings. The van der Waals surface area contributed by atoms with Crippen LogP contribution in [0.25, 0.3) is 0 Å². The zero-order chi connectivity index (χ0) is 12.1. The number of carbonyl (C=O) groups excluding carboxylic acids is 1. The number of anilines is 1. The van der Waals surface area contributed by atoms with Crippen LogP contribution in [0.4, 0.5) is 5.69 Å². The molecule has 2 rings (SSSR count). The number of hydrogen-bond acceptors (Lipinski definition) is 3. The van der Waals surface area contributed by atoms with Crippen LogP contribution in [0.2, 0.25) is 0 Å². The quantitative estimate of drug-likeness (QED) is 0.809. The summed E-state index contributed by atoms with van der Waals surface area (Å²) in [7, 11) is 0. The van der Waals surface area contributed by atoms with Crippen LogP contribution in [0.1, 0.15) is 12.8 Å². The minimum Gasteiger partial charge on any atom is -0.325 e. The van der Waals surface area contributed by atoms with Crippen molar-refractivity contribution >= 4 is 23.4 Å². The topological polar surface area (TPSA) is 41.1 Å². The van der Waals surface area contributed by atoms with Crippen molar-refractivity contribution in [2.75, 3.05) is 24.7 Å². The molecule has 1 unspecified atom stereocenters. The van der Waals surface area contributed by atoms with Gasteiger partial charge in [-0.05, 0) is 37.8 Å². The normalized spacial score (nSPS) is 19.9. The van der Waals surface area contributed by atoms with Gasteiger partial charge in [0.15, 0.2) is 0 Å². The Morgan fingerprint density at radius 3 is 3.00 bits per heavy atom. The van der Waals surface area contributed by atoms with E-state index < -0.39 is 0 Å². The predicted molar refractivity (Wildman–Crippen MR) is 72.4 cm³/mol. The minimum atomic E-state index is 0.110. The first-order valence-electron chi connectivity index (χ1n) is 5.96. The number of rotatable bonds is 3. The lowest BCUT2D eigenvalue weighted by molar-refractivity contribution is -0.120. The molecule has 0 radical (unpaired) electrons. The van der Waals surface area contributed by atoms with Gasteiger partial charge in [0.05, 0.1) is 11.6 Å². The van der Waals surface area contributed by atoms with E-state index in [1.54, 1.807) is 11.8 Å². The van der Waals surface area contributed by atoms with E-state index in [-0.39, 0.29) is 11.8 Å². The van der Waals surface area contributed by atoms with Gasteiger partial charge in [0.1, 0.15) is 0 Å². The number of amides is 1. The van der Waals surface area contributed by atoms with Crippen molar-refractivity contribution in [1.82, 2.24) is 5.32 Å². The van der Waals surface area contributed by atoms with Crippen LogP contribution >= 0.6 is 11.8 Å². The van der Waals surface area contributed by atoms with Crippen molar-refractivity contribution in [2.45, 2.75) is 17.7 Å². The van der Waals surface area contributed by atoms with Crippen LogP contribution in [-0.2, 0) is 4.79 Å². The van der Waals surface area contributed by atoms with E-state index >= 15 is 0 Å². The van der Waals surface area contributed by atoms with Gasteiger partial charge in [-0.3, -0.25) is 4.79 Å². The van der Waals surface area contributed by atoms with Crippen molar-refractivity contribution in [3.05, 3.63) is 24.3 Å². The Bertz CT molecular complexity index is 389. The Kier molecular flexibility index (Phi) is 4.45. The van der Waals surface area contributed by atoms with Crippen LogP contribution in [0, 0.1) is 5.92 Å². The van der Waals surface area contributed by atoms with Gasteiger partial charge in [0.25, 0.3) is 0 Å². The average Bonchev–Trinajstić information content (AvgIpc) is 2.40. The van der Waals surface area contributed by atoms with E-state index in [1.165, 1.54) is 0 Å². The summed E-state index contributed by atoms with van der Waals surface area (Å²) in [5.74, 6) is 0.248. The molecule has 3 nitrogen and oxygen atoms in total. The summed E-state index contributed by atoms with van der Waals surface area (Å²) >= 11 is 1.65. The molecule has 1 aromatic carbocycles. The molecule has 1 aliphatic rings. The Morgan fingerprint density at radius 1 is 1.47 bits per heavy atom. The highest BCUT2D eigenvalue weighted by Gasteiger charge is 2.21. The fourth-order valence-corrected chi connectivity index (χ4v) is 2.61. The first-order chi connectivity index (χ1) is 8.31. The molecule has 0 saturated carbocycles. The minimum absolute atomic E-state index is 0.110. The van der Waals surface area contributed by atoms with Gasteiger partial charge in [0.2, 0.25) is 5.91 Å². The molecule has 0 bridgehead atoms. The molecular formula is C13H18N2OS. The second-order valence-corrected chi connectivity index (χ2v) is 5.08. The van der Waals surface area contributed by atoms with Crippen molar-refractivity contribution in [1.29, 1.82) is 0 Å². The molecule has 1 aromatic rings. The highest BCUT2D eigenvalue weighted by molar-refractivity contribution is 7.98. The van der Waals surface area contributed by atoms with Gasteiger partial charge in [0, 0.05) is 11.4 Å². The molecule has 1 saturated heterocycles. The first kappa shape index (κ1) is 12.5. The molecule has 17 heavy (non-hydrogen) atoms. The molecule has 0 aliphatic carbocycles. The average molecular weight is 250 g/mol. The molecule has 1 aliphatic heterocycles. The van der Waals surface area contributed by atoms with Crippen molar-refractivity contribution in [3.8, 4) is 0 Å². The van der Waals surface area contributed by atoms with Crippen LogP contribution in [0.15, 0.2) is 29.2 Å². The number of piperidine rings is 1. The van der Waals surface area contributed by atoms with Crippen molar-refractivity contribution in [3.63, 3.8) is 0 Å². The highest BCUT2D eigenvalue weighted by Crippen LogP contribution is 2.25. The zero-order valence-corrected chi connectivity index (χ0v) is 10.8. The zero-order valence-electron chi connectivity index (χ0n) is 10.0. The second-order valence-electron chi connectivity index (χ2n) is 4.23. The summed E-state index contributed by atoms with van der Waals surface area (Å²) in [5, 5.41) is 6.30. The van der Waals surface area contributed by atoms with Crippen LogP contribution < -0.4 is 10.6 Å². The third-order valence-corrected chi connectivity index (χ3v) is 3.83. The van der Waals surface area contributed by atoms with Gasteiger partial charge in [-0.25, -0.2) is 0 Å².